The van der Waals surface area contributed by atoms with Crippen molar-refractivity contribution in [3.8, 4) is 0 Å². The molecule has 102 valence electrons. The van der Waals surface area contributed by atoms with E-state index in [4.69, 9.17) is 5.11 Å². The van der Waals surface area contributed by atoms with Gasteiger partial charge in [0.25, 0.3) is 0 Å². The van der Waals surface area contributed by atoms with Gasteiger partial charge in [-0.1, -0.05) is 12.1 Å². The van der Waals surface area contributed by atoms with Crippen LogP contribution in [0.2, 0.25) is 0 Å². The average Bonchev–Trinajstić information content (AvgIpc) is 2.90. The Balaban J connectivity index is 2.23. The number of H-pyrrole nitrogens is 1. The fourth-order valence-corrected chi connectivity index (χ4v) is 2.97. The number of sulfonamides is 1. The second-order valence-corrected chi connectivity index (χ2v) is 5.92. The molecule has 6 nitrogen and oxygen atoms in total. The smallest absolute Gasteiger partial charge is 0.241 e. The molecule has 0 atom stereocenters. The number of aromatic nitrogens is 2. The lowest BCUT2D eigenvalue weighted by Crippen LogP contribution is -2.24. The van der Waals surface area contributed by atoms with Crippen molar-refractivity contribution in [2.24, 2.45) is 0 Å². The maximum absolute atomic E-state index is 12.2. The number of aliphatic hydroxyl groups excluding tert-OH is 1. The van der Waals surface area contributed by atoms with Gasteiger partial charge in [0, 0.05) is 18.3 Å². The van der Waals surface area contributed by atoms with Crippen LogP contribution in [0.15, 0.2) is 35.5 Å². The van der Waals surface area contributed by atoms with Crippen molar-refractivity contribution < 1.29 is 13.5 Å². The SMILES string of the molecule is Cc1ccc(CO)cc1S(=O)(=O)NCc1cn[nH]c1. The highest BCUT2D eigenvalue weighted by molar-refractivity contribution is 7.89. The van der Waals surface area contributed by atoms with Crippen LogP contribution in [0.4, 0.5) is 0 Å². The van der Waals surface area contributed by atoms with Crippen LogP contribution in [0.5, 0.6) is 0 Å². The Morgan fingerprint density at radius 1 is 1.37 bits per heavy atom. The molecule has 0 aliphatic rings. The molecule has 7 heteroatoms. The van der Waals surface area contributed by atoms with E-state index in [1.54, 1.807) is 31.5 Å². The standard InChI is InChI=1S/C12H15N3O3S/c1-9-2-3-10(8-16)4-12(9)19(17,18)15-7-11-5-13-14-6-11/h2-6,15-16H,7-8H2,1H3,(H,13,14). The molecule has 0 aliphatic heterocycles. The first-order valence-corrected chi connectivity index (χ1v) is 7.19. The maximum Gasteiger partial charge on any atom is 0.241 e. The van der Waals surface area contributed by atoms with Crippen molar-refractivity contribution in [1.29, 1.82) is 0 Å². The van der Waals surface area contributed by atoms with Gasteiger partial charge in [0.15, 0.2) is 0 Å². The number of benzene rings is 1. The number of nitrogens with one attached hydrogen (secondary N) is 2. The van der Waals surface area contributed by atoms with Gasteiger partial charge in [0.2, 0.25) is 10.0 Å². The van der Waals surface area contributed by atoms with Crippen molar-refractivity contribution in [1.82, 2.24) is 14.9 Å². The lowest BCUT2D eigenvalue weighted by Gasteiger charge is -2.10. The summed E-state index contributed by atoms with van der Waals surface area (Å²) in [5.41, 5.74) is 1.95. The molecule has 3 N–H and O–H groups in total. The fraction of sp³-hybridized carbons (Fsp3) is 0.250. The van der Waals surface area contributed by atoms with Gasteiger partial charge in [-0.3, -0.25) is 5.10 Å². The molecule has 0 spiro atoms. The minimum absolute atomic E-state index is 0.168. The van der Waals surface area contributed by atoms with Crippen molar-refractivity contribution >= 4 is 10.0 Å². The van der Waals surface area contributed by atoms with Gasteiger partial charge in [-0.05, 0) is 24.1 Å². The summed E-state index contributed by atoms with van der Waals surface area (Å²) in [5.74, 6) is 0. The highest BCUT2D eigenvalue weighted by atomic mass is 32.2. The second-order valence-electron chi connectivity index (χ2n) is 4.19. The summed E-state index contributed by atoms with van der Waals surface area (Å²) in [7, 11) is -3.60. The molecular weight excluding hydrogens is 266 g/mol. The number of hydrogen-bond acceptors (Lipinski definition) is 4. The Labute approximate surface area is 111 Å². The van der Waals surface area contributed by atoms with E-state index in [0.29, 0.717) is 11.1 Å². The van der Waals surface area contributed by atoms with E-state index in [9.17, 15) is 8.42 Å². The quantitative estimate of drug-likeness (QED) is 0.751. The molecule has 2 rings (SSSR count). The van der Waals surface area contributed by atoms with Crippen LogP contribution in [-0.4, -0.2) is 23.7 Å². The van der Waals surface area contributed by atoms with Gasteiger partial charge in [0.05, 0.1) is 17.7 Å². The second kappa shape index (κ2) is 5.52. The van der Waals surface area contributed by atoms with Crippen molar-refractivity contribution in [3.63, 3.8) is 0 Å². The van der Waals surface area contributed by atoms with Crippen LogP contribution < -0.4 is 4.72 Å². The molecule has 0 fully saturated rings. The van der Waals surface area contributed by atoms with E-state index >= 15 is 0 Å². The minimum atomic E-state index is -3.60. The van der Waals surface area contributed by atoms with Gasteiger partial charge in [0.1, 0.15) is 0 Å². The maximum atomic E-state index is 12.2. The zero-order chi connectivity index (χ0) is 13.9. The molecule has 0 saturated carbocycles. The molecule has 0 aliphatic carbocycles. The number of aryl methyl sites for hydroxylation is 1. The monoisotopic (exact) mass is 281 g/mol. The summed E-state index contributed by atoms with van der Waals surface area (Å²) in [6.45, 7) is 1.69. The number of hydrogen-bond donors (Lipinski definition) is 3. The lowest BCUT2D eigenvalue weighted by atomic mass is 10.2. The molecule has 0 radical (unpaired) electrons. The normalized spacial score (nSPS) is 11.7. The summed E-state index contributed by atoms with van der Waals surface area (Å²) >= 11 is 0. The van der Waals surface area contributed by atoms with Gasteiger partial charge in [-0.2, -0.15) is 5.10 Å². The van der Waals surface area contributed by atoms with Crippen molar-refractivity contribution in [2.75, 3.05) is 0 Å². The number of rotatable bonds is 5. The molecular formula is C12H15N3O3S. The highest BCUT2D eigenvalue weighted by Crippen LogP contribution is 2.17. The number of aromatic amines is 1. The van der Waals surface area contributed by atoms with E-state index in [1.807, 2.05) is 0 Å². The fourth-order valence-electron chi connectivity index (χ4n) is 1.66. The zero-order valence-electron chi connectivity index (χ0n) is 10.4. The van der Waals surface area contributed by atoms with Gasteiger partial charge < -0.3 is 5.11 Å². The van der Waals surface area contributed by atoms with E-state index in [2.05, 4.69) is 14.9 Å². The molecule has 19 heavy (non-hydrogen) atoms. The van der Waals surface area contributed by atoms with Gasteiger partial charge in [-0.15, -0.1) is 0 Å². The van der Waals surface area contributed by atoms with Crippen LogP contribution in [0.3, 0.4) is 0 Å². The molecule has 0 saturated heterocycles. The molecule has 1 aromatic heterocycles. The predicted molar refractivity (Wildman–Crippen MR) is 69.7 cm³/mol. The molecule has 0 bridgehead atoms. The topological polar surface area (TPSA) is 95.1 Å². The Bertz CT molecular complexity index is 651. The van der Waals surface area contributed by atoms with E-state index < -0.39 is 10.0 Å². The van der Waals surface area contributed by atoms with Crippen LogP contribution >= 0.6 is 0 Å². The third-order valence-corrected chi connectivity index (χ3v) is 4.29. The first-order chi connectivity index (χ1) is 9.03. The summed E-state index contributed by atoms with van der Waals surface area (Å²) in [4.78, 5) is 0.183. The zero-order valence-corrected chi connectivity index (χ0v) is 11.2. The average molecular weight is 281 g/mol. The number of nitrogens with zero attached hydrogens (tertiary/aromatic N) is 1. The first-order valence-electron chi connectivity index (χ1n) is 5.70. The molecule has 2 aromatic rings. The number of aliphatic hydroxyl groups is 1. The molecule has 1 aromatic carbocycles. The Kier molecular flexibility index (Phi) is 3.98. The van der Waals surface area contributed by atoms with E-state index in [0.717, 1.165) is 5.56 Å². The summed E-state index contributed by atoms with van der Waals surface area (Å²) in [6, 6.07) is 4.86. The minimum Gasteiger partial charge on any atom is -0.392 e. The Morgan fingerprint density at radius 2 is 2.16 bits per heavy atom. The largest absolute Gasteiger partial charge is 0.392 e. The Hall–Kier alpha value is -1.70. The van der Waals surface area contributed by atoms with Crippen LogP contribution in [0.1, 0.15) is 16.7 Å². The summed E-state index contributed by atoms with van der Waals surface area (Å²) in [5, 5.41) is 15.4. The van der Waals surface area contributed by atoms with Crippen molar-refractivity contribution in [3.05, 3.63) is 47.3 Å². The summed E-state index contributed by atoms with van der Waals surface area (Å²) in [6.07, 6.45) is 3.18. The van der Waals surface area contributed by atoms with Crippen molar-refractivity contribution in [2.45, 2.75) is 25.0 Å². The molecule has 1 heterocycles. The molecule has 0 unspecified atom stereocenters. The third kappa shape index (κ3) is 3.19. The predicted octanol–water partition coefficient (Wildman–Crippen LogP) is 0.689. The van der Waals surface area contributed by atoms with Gasteiger partial charge in [-0.25, -0.2) is 13.1 Å². The van der Waals surface area contributed by atoms with Crippen LogP contribution in [0, 0.1) is 6.92 Å². The molecule has 0 amide bonds. The highest BCUT2D eigenvalue weighted by Gasteiger charge is 2.17. The van der Waals surface area contributed by atoms with E-state index in [-0.39, 0.29) is 18.0 Å². The first kappa shape index (κ1) is 13.7. The van der Waals surface area contributed by atoms with Gasteiger partial charge >= 0.3 is 0 Å². The third-order valence-electron chi connectivity index (χ3n) is 2.75. The van der Waals surface area contributed by atoms with Crippen LogP contribution in [-0.2, 0) is 23.2 Å². The lowest BCUT2D eigenvalue weighted by molar-refractivity contribution is 0.281. The van der Waals surface area contributed by atoms with E-state index in [1.165, 1.54) is 6.07 Å². The van der Waals surface area contributed by atoms with Crippen LogP contribution in [0.25, 0.3) is 0 Å². The Morgan fingerprint density at radius 3 is 2.79 bits per heavy atom. The summed E-state index contributed by atoms with van der Waals surface area (Å²) < 4.78 is 26.9.